The van der Waals surface area contributed by atoms with Crippen LogP contribution < -0.4 is 4.74 Å². The van der Waals surface area contributed by atoms with Gasteiger partial charge in [0.25, 0.3) is 0 Å². The molecule has 1 aliphatic carbocycles. The first-order valence-electron chi connectivity index (χ1n) is 11.1. The number of rotatable bonds is 3. The Balaban J connectivity index is 1.28. The molecule has 31 heavy (non-hydrogen) atoms. The lowest BCUT2D eigenvalue weighted by atomic mass is 9.88. The monoisotopic (exact) mass is 411 g/mol. The fourth-order valence-electron chi connectivity index (χ4n) is 4.95. The van der Waals surface area contributed by atoms with E-state index in [1.54, 1.807) is 0 Å². The van der Waals surface area contributed by atoms with E-state index in [0.717, 1.165) is 57.4 Å². The topological polar surface area (TPSA) is 63.9 Å². The van der Waals surface area contributed by atoms with Crippen molar-refractivity contribution in [3.63, 3.8) is 0 Å². The standard InChI is InChI=1S/C26H25N3O2/c1-26(11-2-3-12-26)25-27-15-21(29-25)18-6-4-17(5-7-18)19-8-9-20-23(14-19)30-13-10-22-24(20)28-16-31-22/h4-9,14-16H,2-3,10-13H2,1H3,(H,27,29). The third kappa shape index (κ3) is 3.16. The number of ether oxygens (including phenoxy) is 1. The highest BCUT2D eigenvalue weighted by atomic mass is 16.5. The van der Waals surface area contributed by atoms with Crippen LogP contribution in [-0.4, -0.2) is 21.6 Å². The lowest BCUT2D eigenvalue weighted by Gasteiger charge is -2.20. The molecule has 2 aromatic heterocycles. The zero-order valence-electron chi connectivity index (χ0n) is 17.6. The summed E-state index contributed by atoms with van der Waals surface area (Å²) in [5, 5.41) is 0. The number of hydrogen-bond donors (Lipinski definition) is 1. The number of oxazole rings is 1. The number of fused-ring (bicyclic) bond motifs is 3. The second-order valence-corrected chi connectivity index (χ2v) is 8.92. The molecule has 1 N–H and O–H groups in total. The molecule has 2 aromatic carbocycles. The average molecular weight is 412 g/mol. The lowest BCUT2D eigenvalue weighted by molar-refractivity contribution is 0.314. The molecule has 4 aromatic rings. The number of aromatic nitrogens is 3. The van der Waals surface area contributed by atoms with E-state index >= 15 is 0 Å². The Hall–Kier alpha value is -3.34. The highest BCUT2D eigenvalue weighted by Gasteiger charge is 2.33. The van der Waals surface area contributed by atoms with Gasteiger partial charge in [0.05, 0.1) is 18.5 Å². The van der Waals surface area contributed by atoms with Crippen LogP contribution >= 0.6 is 0 Å². The summed E-state index contributed by atoms with van der Waals surface area (Å²) in [5.74, 6) is 2.87. The third-order valence-electron chi connectivity index (χ3n) is 6.85. The normalized spacial score (nSPS) is 16.9. The molecule has 0 amide bonds. The molecular formula is C26H25N3O2. The zero-order valence-corrected chi connectivity index (χ0v) is 17.6. The molecule has 0 radical (unpaired) electrons. The lowest BCUT2D eigenvalue weighted by Crippen LogP contribution is -2.18. The second-order valence-electron chi connectivity index (χ2n) is 8.92. The number of H-pyrrole nitrogens is 1. The van der Waals surface area contributed by atoms with Crippen molar-refractivity contribution >= 4 is 0 Å². The minimum Gasteiger partial charge on any atom is -0.492 e. The third-order valence-corrected chi connectivity index (χ3v) is 6.85. The van der Waals surface area contributed by atoms with Gasteiger partial charge in [-0.3, -0.25) is 0 Å². The molecule has 0 saturated heterocycles. The summed E-state index contributed by atoms with van der Waals surface area (Å²) in [5.41, 5.74) is 6.60. The number of nitrogens with zero attached hydrogens (tertiary/aromatic N) is 2. The van der Waals surface area contributed by atoms with Crippen molar-refractivity contribution in [3.8, 4) is 39.4 Å². The van der Waals surface area contributed by atoms with Crippen LogP contribution in [0.15, 0.2) is 59.5 Å². The minimum absolute atomic E-state index is 0.198. The summed E-state index contributed by atoms with van der Waals surface area (Å²) in [4.78, 5) is 12.7. The van der Waals surface area contributed by atoms with Crippen molar-refractivity contribution in [3.05, 3.63) is 66.6 Å². The SMILES string of the molecule is CC1(c2ncc(-c3ccc(-c4ccc5c(c4)OCCc4ocnc4-5)cc3)[nH]2)CCCC1. The number of hydrogen-bond acceptors (Lipinski definition) is 4. The van der Waals surface area contributed by atoms with Gasteiger partial charge in [-0.15, -0.1) is 0 Å². The van der Waals surface area contributed by atoms with E-state index in [2.05, 4.69) is 59.4 Å². The van der Waals surface area contributed by atoms with Crippen molar-refractivity contribution in [1.82, 2.24) is 15.0 Å². The first-order valence-corrected chi connectivity index (χ1v) is 11.1. The highest BCUT2D eigenvalue weighted by Crippen LogP contribution is 2.40. The van der Waals surface area contributed by atoms with Crippen LogP contribution in [0.25, 0.3) is 33.6 Å². The first-order chi connectivity index (χ1) is 15.2. The molecule has 156 valence electrons. The fourth-order valence-corrected chi connectivity index (χ4v) is 4.95. The van der Waals surface area contributed by atoms with Gasteiger partial charge in [-0.25, -0.2) is 9.97 Å². The van der Waals surface area contributed by atoms with Gasteiger partial charge >= 0.3 is 0 Å². The van der Waals surface area contributed by atoms with E-state index in [-0.39, 0.29) is 5.41 Å². The van der Waals surface area contributed by atoms with Crippen LogP contribution in [-0.2, 0) is 11.8 Å². The van der Waals surface area contributed by atoms with E-state index in [4.69, 9.17) is 14.1 Å². The van der Waals surface area contributed by atoms with Crippen molar-refractivity contribution in [1.29, 1.82) is 0 Å². The zero-order chi connectivity index (χ0) is 20.8. The van der Waals surface area contributed by atoms with Gasteiger partial charge in [-0.1, -0.05) is 50.1 Å². The van der Waals surface area contributed by atoms with Crippen molar-refractivity contribution < 1.29 is 9.15 Å². The number of aromatic amines is 1. The Kier molecular flexibility index (Phi) is 4.23. The first kappa shape index (κ1) is 18.4. The molecule has 1 saturated carbocycles. The van der Waals surface area contributed by atoms with E-state index in [1.165, 1.54) is 32.1 Å². The maximum atomic E-state index is 5.99. The predicted molar refractivity (Wildman–Crippen MR) is 120 cm³/mol. The van der Waals surface area contributed by atoms with Crippen LogP contribution in [0.2, 0.25) is 0 Å². The van der Waals surface area contributed by atoms with E-state index < -0.39 is 0 Å². The maximum Gasteiger partial charge on any atom is 0.181 e. The van der Waals surface area contributed by atoms with E-state index in [9.17, 15) is 0 Å². The highest BCUT2D eigenvalue weighted by molar-refractivity contribution is 5.77. The van der Waals surface area contributed by atoms with Crippen LogP contribution in [0.5, 0.6) is 5.75 Å². The van der Waals surface area contributed by atoms with Gasteiger partial charge in [0.2, 0.25) is 0 Å². The van der Waals surface area contributed by atoms with Gasteiger partial charge in [0.15, 0.2) is 6.39 Å². The number of nitrogens with one attached hydrogen (secondary N) is 1. The molecule has 2 aliphatic rings. The van der Waals surface area contributed by atoms with Gasteiger partial charge in [-0.2, -0.15) is 0 Å². The van der Waals surface area contributed by atoms with Crippen molar-refractivity contribution in [2.75, 3.05) is 6.61 Å². The summed E-state index contributed by atoms with van der Waals surface area (Å²) in [6, 6.07) is 14.9. The van der Waals surface area contributed by atoms with Crippen molar-refractivity contribution in [2.24, 2.45) is 0 Å². The molecular weight excluding hydrogens is 386 g/mol. The molecule has 1 fully saturated rings. The van der Waals surface area contributed by atoms with E-state index in [0.29, 0.717) is 6.61 Å². The van der Waals surface area contributed by atoms with Crippen LogP contribution in [0.4, 0.5) is 0 Å². The Morgan fingerprint density at radius 2 is 1.71 bits per heavy atom. The summed E-state index contributed by atoms with van der Waals surface area (Å²) in [7, 11) is 0. The molecule has 0 unspecified atom stereocenters. The number of benzene rings is 2. The molecule has 0 bridgehead atoms. The average Bonchev–Trinajstić information content (AvgIpc) is 3.54. The summed E-state index contributed by atoms with van der Waals surface area (Å²) in [6.45, 7) is 2.92. The molecule has 6 rings (SSSR count). The van der Waals surface area contributed by atoms with Crippen molar-refractivity contribution in [2.45, 2.75) is 44.4 Å². The second kappa shape index (κ2) is 7.12. The van der Waals surface area contributed by atoms with Crippen LogP contribution in [0, 0.1) is 0 Å². The van der Waals surface area contributed by atoms with Gasteiger partial charge in [-0.05, 0) is 41.7 Å². The van der Waals surface area contributed by atoms with Crippen LogP contribution in [0.3, 0.4) is 0 Å². The predicted octanol–water partition coefficient (Wildman–Crippen LogP) is 6.17. The molecule has 5 nitrogen and oxygen atoms in total. The largest absolute Gasteiger partial charge is 0.492 e. The fraction of sp³-hybridized carbons (Fsp3) is 0.308. The van der Waals surface area contributed by atoms with Gasteiger partial charge in [0, 0.05) is 17.4 Å². The molecule has 3 heterocycles. The van der Waals surface area contributed by atoms with Gasteiger partial charge in [0.1, 0.15) is 23.0 Å². The molecule has 0 spiro atoms. The summed E-state index contributed by atoms with van der Waals surface area (Å²) < 4.78 is 11.5. The quantitative estimate of drug-likeness (QED) is 0.438. The Labute approximate surface area is 181 Å². The molecule has 5 heteroatoms. The van der Waals surface area contributed by atoms with Gasteiger partial charge < -0.3 is 14.1 Å². The molecule has 1 aliphatic heterocycles. The number of imidazole rings is 1. The summed E-state index contributed by atoms with van der Waals surface area (Å²) in [6.07, 6.45) is 9.25. The Morgan fingerprint density at radius 1 is 0.935 bits per heavy atom. The summed E-state index contributed by atoms with van der Waals surface area (Å²) >= 11 is 0. The molecule has 0 atom stereocenters. The Morgan fingerprint density at radius 3 is 2.55 bits per heavy atom. The smallest absolute Gasteiger partial charge is 0.181 e. The van der Waals surface area contributed by atoms with E-state index in [1.807, 2.05) is 6.20 Å². The van der Waals surface area contributed by atoms with Crippen LogP contribution in [0.1, 0.15) is 44.2 Å². The Bertz CT molecular complexity index is 1230. The maximum absolute atomic E-state index is 5.99. The minimum atomic E-state index is 0.198.